The Labute approximate surface area is 145 Å². The number of allylic oxidation sites excluding steroid dienone is 1. The summed E-state index contributed by atoms with van der Waals surface area (Å²) in [6, 6.07) is 0. The summed E-state index contributed by atoms with van der Waals surface area (Å²) in [5.74, 6) is 0.572. The normalized spacial score (nSPS) is 35.2. The predicted octanol–water partition coefficient (Wildman–Crippen LogP) is 4.29. The third kappa shape index (κ3) is 4.20. The molecule has 2 aliphatic carbocycles. The van der Waals surface area contributed by atoms with E-state index in [4.69, 9.17) is 9.84 Å². The van der Waals surface area contributed by atoms with Crippen LogP contribution in [-0.4, -0.2) is 23.1 Å². The highest BCUT2D eigenvalue weighted by molar-refractivity contribution is 5.78. The minimum Gasteiger partial charge on any atom is -0.481 e. The molecule has 0 bridgehead atoms. The van der Waals surface area contributed by atoms with Crippen LogP contribution in [0, 0.1) is 35.0 Å². The van der Waals surface area contributed by atoms with Gasteiger partial charge in [-0.15, -0.1) is 0 Å². The fraction of sp³-hybridized carbons (Fsp3) is 0.800. The van der Waals surface area contributed by atoms with Gasteiger partial charge in [0.05, 0.1) is 12.3 Å². The molecule has 0 heterocycles. The van der Waals surface area contributed by atoms with Crippen LogP contribution in [0.3, 0.4) is 0 Å². The summed E-state index contributed by atoms with van der Waals surface area (Å²) in [6.07, 6.45) is 6.87. The summed E-state index contributed by atoms with van der Waals surface area (Å²) >= 11 is 0. The van der Waals surface area contributed by atoms with Gasteiger partial charge in [-0.3, -0.25) is 9.59 Å². The summed E-state index contributed by atoms with van der Waals surface area (Å²) < 4.78 is 5.96. The van der Waals surface area contributed by atoms with Crippen LogP contribution in [0.2, 0.25) is 0 Å². The smallest absolute Gasteiger partial charge is 0.310 e. The molecule has 0 amide bonds. The zero-order valence-corrected chi connectivity index (χ0v) is 15.6. The minimum absolute atomic E-state index is 0.00388. The number of rotatable bonds is 6. The van der Waals surface area contributed by atoms with Crippen molar-refractivity contribution in [2.24, 2.45) is 35.0 Å². The number of carboxylic acid groups (broad SMARTS) is 1. The van der Waals surface area contributed by atoms with Gasteiger partial charge in [0.25, 0.3) is 0 Å². The quantitative estimate of drug-likeness (QED) is 0.580. The number of carboxylic acids is 1. The van der Waals surface area contributed by atoms with E-state index >= 15 is 0 Å². The van der Waals surface area contributed by atoms with E-state index in [1.807, 2.05) is 6.08 Å². The number of esters is 1. The minimum atomic E-state index is -0.847. The molecule has 24 heavy (non-hydrogen) atoms. The van der Waals surface area contributed by atoms with Crippen LogP contribution < -0.4 is 0 Å². The monoisotopic (exact) mass is 336 g/mol. The molecule has 2 saturated carbocycles. The highest BCUT2D eigenvalue weighted by Gasteiger charge is 2.61. The molecular weight excluding hydrogens is 304 g/mol. The van der Waals surface area contributed by atoms with Gasteiger partial charge in [0, 0.05) is 0 Å². The van der Waals surface area contributed by atoms with Gasteiger partial charge in [-0.05, 0) is 41.9 Å². The number of aliphatic carboxylic acids is 1. The second-order valence-electron chi connectivity index (χ2n) is 8.65. The molecule has 1 N–H and O–H groups in total. The second kappa shape index (κ2) is 7.28. The van der Waals surface area contributed by atoms with E-state index in [2.05, 4.69) is 34.6 Å². The fourth-order valence-electron chi connectivity index (χ4n) is 4.28. The molecule has 0 radical (unpaired) electrons. The first kappa shape index (κ1) is 19.0. The van der Waals surface area contributed by atoms with Gasteiger partial charge >= 0.3 is 11.9 Å². The maximum atomic E-state index is 12.7. The van der Waals surface area contributed by atoms with Crippen LogP contribution in [0.25, 0.3) is 0 Å². The van der Waals surface area contributed by atoms with E-state index < -0.39 is 5.97 Å². The van der Waals surface area contributed by atoms with Gasteiger partial charge in [-0.1, -0.05) is 53.2 Å². The van der Waals surface area contributed by atoms with Crippen molar-refractivity contribution in [1.29, 1.82) is 0 Å². The second-order valence-corrected chi connectivity index (χ2v) is 8.65. The molecule has 0 aliphatic heterocycles. The van der Waals surface area contributed by atoms with Crippen molar-refractivity contribution >= 4 is 11.9 Å². The van der Waals surface area contributed by atoms with Crippen molar-refractivity contribution in [2.45, 2.75) is 66.4 Å². The van der Waals surface area contributed by atoms with Crippen molar-refractivity contribution in [3.8, 4) is 0 Å². The van der Waals surface area contributed by atoms with Crippen LogP contribution >= 0.6 is 0 Å². The maximum Gasteiger partial charge on any atom is 0.310 e. The third-order valence-electron chi connectivity index (χ3n) is 6.03. The van der Waals surface area contributed by atoms with Crippen molar-refractivity contribution in [2.75, 3.05) is 0 Å². The van der Waals surface area contributed by atoms with Crippen molar-refractivity contribution in [3.05, 3.63) is 12.2 Å². The first-order chi connectivity index (χ1) is 11.1. The van der Waals surface area contributed by atoms with Crippen molar-refractivity contribution in [1.82, 2.24) is 0 Å². The van der Waals surface area contributed by atoms with Crippen LogP contribution in [0.15, 0.2) is 12.2 Å². The van der Waals surface area contributed by atoms with Gasteiger partial charge in [0.1, 0.15) is 6.10 Å². The van der Waals surface area contributed by atoms with E-state index in [-0.39, 0.29) is 35.7 Å². The van der Waals surface area contributed by atoms with E-state index in [0.29, 0.717) is 17.8 Å². The van der Waals surface area contributed by atoms with Crippen LogP contribution in [-0.2, 0) is 14.3 Å². The fourth-order valence-corrected chi connectivity index (χ4v) is 4.28. The molecule has 136 valence electrons. The SMILES string of the molecule is CC1CCC(C(C)C)C(OC(=O)C2C(/C=C/CC(=O)O)C2(C)C)C1. The van der Waals surface area contributed by atoms with Gasteiger partial charge in [-0.2, -0.15) is 0 Å². The van der Waals surface area contributed by atoms with Crippen molar-refractivity contribution < 1.29 is 19.4 Å². The number of hydrogen-bond acceptors (Lipinski definition) is 3. The Kier molecular flexibility index (Phi) is 5.77. The molecule has 0 aromatic carbocycles. The Morgan fingerprint density at radius 2 is 1.96 bits per heavy atom. The highest BCUT2D eigenvalue weighted by Crippen LogP contribution is 2.59. The first-order valence-corrected chi connectivity index (χ1v) is 9.23. The zero-order valence-electron chi connectivity index (χ0n) is 15.6. The lowest BCUT2D eigenvalue weighted by molar-refractivity contribution is -0.158. The summed E-state index contributed by atoms with van der Waals surface area (Å²) in [4.78, 5) is 23.3. The predicted molar refractivity (Wildman–Crippen MR) is 93.4 cm³/mol. The Morgan fingerprint density at radius 1 is 1.29 bits per heavy atom. The molecule has 2 aliphatic rings. The third-order valence-corrected chi connectivity index (χ3v) is 6.03. The van der Waals surface area contributed by atoms with Gasteiger partial charge in [-0.25, -0.2) is 0 Å². The molecule has 2 rings (SSSR count). The molecule has 0 aromatic rings. The number of carbonyl (C=O) groups excluding carboxylic acids is 1. The molecule has 5 unspecified atom stereocenters. The molecule has 0 spiro atoms. The van der Waals surface area contributed by atoms with Gasteiger partial charge in [0.2, 0.25) is 0 Å². The van der Waals surface area contributed by atoms with Gasteiger partial charge < -0.3 is 9.84 Å². The van der Waals surface area contributed by atoms with Crippen molar-refractivity contribution in [3.63, 3.8) is 0 Å². The highest BCUT2D eigenvalue weighted by atomic mass is 16.5. The zero-order chi connectivity index (χ0) is 18.1. The summed E-state index contributed by atoms with van der Waals surface area (Å²) in [6.45, 7) is 10.8. The molecule has 0 saturated heterocycles. The Balaban J connectivity index is 1.98. The van der Waals surface area contributed by atoms with Crippen LogP contribution in [0.4, 0.5) is 0 Å². The summed E-state index contributed by atoms with van der Waals surface area (Å²) in [5, 5.41) is 8.73. The largest absolute Gasteiger partial charge is 0.481 e. The molecule has 2 fully saturated rings. The average molecular weight is 336 g/mol. The molecule has 4 nitrogen and oxygen atoms in total. The summed E-state index contributed by atoms with van der Waals surface area (Å²) in [7, 11) is 0. The Hall–Kier alpha value is -1.32. The summed E-state index contributed by atoms with van der Waals surface area (Å²) in [5.41, 5.74) is -0.139. The lowest BCUT2D eigenvalue weighted by Gasteiger charge is -2.36. The Morgan fingerprint density at radius 3 is 2.54 bits per heavy atom. The first-order valence-electron chi connectivity index (χ1n) is 9.23. The lowest BCUT2D eigenvalue weighted by Crippen LogP contribution is -2.36. The Bertz CT molecular complexity index is 506. The number of ether oxygens (including phenoxy) is 1. The van der Waals surface area contributed by atoms with Crippen LogP contribution in [0.1, 0.15) is 60.3 Å². The topological polar surface area (TPSA) is 63.6 Å². The standard InChI is InChI=1S/C20H32O4/c1-12(2)14-10-9-13(3)11-16(14)24-19(23)18-15(20(18,4)5)7-6-8-17(21)22/h6-7,12-16,18H,8-11H2,1-5H3,(H,21,22)/b7-6+. The molecule has 5 atom stereocenters. The van der Waals surface area contributed by atoms with Crippen LogP contribution in [0.5, 0.6) is 0 Å². The lowest BCUT2D eigenvalue weighted by atomic mass is 9.75. The maximum absolute atomic E-state index is 12.7. The molecule has 0 aromatic heterocycles. The number of carbonyl (C=O) groups is 2. The molecule has 4 heteroatoms. The van der Waals surface area contributed by atoms with E-state index in [0.717, 1.165) is 12.8 Å². The number of hydrogen-bond donors (Lipinski definition) is 1. The molecular formula is C20H32O4. The van der Waals surface area contributed by atoms with Gasteiger partial charge in [0.15, 0.2) is 0 Å². The average Bonchev–Trinajstić information content (AvgIpc) is 2.99. The van der Waals surface area contributed by atoms with E-state index in [1.165, 1.54) is 6.42 Å². The van der Waals surface area contributed by atoms with E-state index in [9.17, 15) is 9.59 Å². The van der Waals surface area contributed by atoms with E-state index in [1.54, 1.807) is 6.08 Å².